The molecule has 3 N–H and O–H groups in total. The van der Waals surface area contributed by atoms with Crippen molar-refractivity contribution in [1.82, 2.24) is 0 Å². The third-order valence-corrected chi connectivity index (χ3v) is 0. The van der Waals surface area contributed by atoms with Crippen LogP contribution >= 0.6 is 0 Å². The molecule has 0 aliphatic carbocycles. The van der Waals surface area contributed by atoms with Gasteiger partial charge in [0.15, 0.2) is 0 Å². The minimum absolute atomic E-state index is 0. The molecule has 0 unspecified atom stereocenters. The molecule has 0 atom stereocenters. The number of carbonyl (C=O) groups is 3. The summed E-state index contributed by atoms with van der Waals surface area (Å²) in [6.07, 6.45) is 0. The van der Waals surface area contributed by atoms with Gasteiger partial charge in [-0.1, -0.05) is 0 Å². The molecule has 0 amide bonds. The summed E-state index contributed by atoms with van der Waals surface area (Å²) in [6.45, 7) is 3.14. The first-order valence-corrected chi connectivity index (χ1v) is 3.33. The van der Waals surface area contributed by atoms with E-state index in [1.807, 2.05) is 0 Å². The second-order valence-electron chi connectivity index (χ2n) is 1.77. The van der Waals surface area contributed by atoms with Crippen LogP contribution < -0.4 is 34.7 Å². The van der Waals surface area contributed by atoms with Crippen molar-refractivity contribution in [2.45, 2.75) is 20.8 Å². The number of rotatable bonds is 0. The second kappa shape index (κ2) is 24.0. The predicted molar refractivity (Wildman–Crippen MR) is 46.1 cm³/mol. The van der Waals surface area contributed by atoms with Gasteiger partial charge in [0, 0.05) is 19.8 Å². The third-order valence-electron chi connectivity index (χ3n) is 0. The molecular formula is C6H12NNaO9. The van der Waals surface area contributed by atoms with Gasteiger partial charge in [0.05, 0.1) is 0 Å². The minimum atomic E-state index is -1.50. The molecule has 0 radical (unpaired) electrons. The normalized spacial score (nSPS) is 5.82. The van der Waals surface area contributed by atoms with Crippen LogP contribution in [0.5, 0.6) is 0 Å². The molecule has 0 aromatic carbocycles. The van der Waals surface area contributed by atoms with Crippen molar-refractivity contribution in [3.63, 3.8) is 0 Å². The Balaban J connectivity index is -0.0000000369. The Kier molecular flexibility index (Phi) is 41.9. The van der Waals surface area contributed by atoms with Crippen LogP contribution in [0.4, 0.5) is 0 Å². The summed E-state index contributed by atoms with van der Waals surface area (Å²) in [5.41, 5.74) is 0. The first kappa shape index (κ1) is 29.6. The molecule has 0 aromatic rings. The molecule has 0 spiro atoms. The molecule has 0 rings (SSSR count). The number of carbonyl (C=O) groups excluding carboxylic acids is 1. The molecule has 0 heterocycles. The van der Waals surface area contributed by atoms with Gasteiger partial charge in [0.2, 0.25) is 0 Å². The van der Waals surface area contributed by atoms with Crippen LogP contribution in [0.25, 0.3) is 0 Å². The number of hydrogen-bond acceptors (Lipinski definition) is 6. The van der Waals surface area contributed by atoms with E-state index in [-0.39, 0.29) is 29.6 Å². The molecule has 0 saturated heterocycles. The molecule has 0 fully saturated rings. The maximum atomic E-state index is 9.00. The van der Waals surface area contributed by atoms with Crippen LogP contribution in [0, 0.1) is 10.1 Å². The number of carboxylic acid groups (broad SMARTS) is 3. The molecule has 10 nitrogen and oxygen atoms in total. The Hall–Kier alpha value is -1.39. The van der Waals surface area contributed by atoms with Crippen LogP contribution in [-0.4, -0.2) is 38.4 Å². The van der Waals surface area contributed by atoms with Crippen molar-refractivity contribution in [3.8, 4) is 0 Å². The van der Waals surface area contributed by atoms with E-state index >= 15 is 0 Å². The summed E-state index contributed by atoms with van der Waals surface area (Å²) < 4.78 is 0. The van der Waals surface area contributed by atoms with Crippen molar-refractivity contribution in [2.24, 2.45) is 0 Å². The summed E-state index contributed by atoms with van der Waals surface area (Å²) in [7, 11) is 0. The Bertz CT molecular complexity index is 166. The maximum absolute atomic E-state index is 9.00. The van der Waals surface area contributed by atoms with Gasteiger partial charge in [-0.15, -0.1) is 10.1 Å². The fourth-order valence-electron chi connectivity index (χ4n) is 0. The zero-order valence-electron chi connectivity index (χ0n) is 9.74. The third kappa shape index (κ3) is 1200. The van der Waals surface area contributed by atoms with Crippen LogP contribution in [0.3, 0.4) is 0 Å². The predicted octanol–water partition coefficient (Wildman–Crippen LogP) is -4.41. The van der Waals surface area contributed by atoms with E-state index in [0.29, 0.717) is 0 Å². The molecule has 17 heavy (non-hydrogen) atoms. The minimum Gasteiger partial charge on any atom is -0.550 e. The molecule has 0 aliphatic rings. The first-order chi connectivity index (χ1) is 6.93. The fraction of sp³-hybridized carbons (Fsp3) is 0.500. The molecule has 0 bridgehead atoms. The summed E-state index contributed by atoms with van der Waals surface area (Å²) >= 11 is 0. The second-order valence-corrected chi connectivity index (χ2v) is 1.77. The van der Waals surface area contributed by atoms with Gasteiger partial charge in [-0.25, -0.2) is 0 Å². The molecule has 0 aromatic heterocycles. The number of hydrogen-bond donors (Lipinski definition) is 3. The van der Waals surface area contributed by atoms with E-state index in [1.165, 1.54) is 0 Å². The Labute approximate surface area is 118 Å². The van der Waals surface area contributed by atoms with Crippen molar-refractivity contribution in [2.75, 3.05) is 0 Å². The van der Waals surface area contributed by atoms with Crippen LogP contribution in [0.15, 0.2) is 0 Å². The Morgan fingerprint density at radius 3 is 1.00 bits per heavy atom. The standard InChI is InChI=1S/3C2H4O2.HNO3.Na/c3*1-2(3)4;2-1(3)4;/h3*1H3,(H,3,4);(H,2,3,4);/q;;;;+1/p-1. The van der Waals surface area contributed by atoms with Gasteiger partial charge < -0.3 is 25.3 Å². The van der Waals surface area contributed by atoms with Gasteiger partial charge in [-0.05, 0) is 6.92 Å². The van der Waals surface area contributed by atoms with Gasteiger partial charge in [-0.3, -0.25) is 9.59 Å². The van der Waals surface area contributed by atoms with Crippen LogP contribution in [0.2, 0.25) is 0 Å². The summed E-state index contributed by atoms with van der Waals surface area (Å²) in [5, 5.41) is 37.4. The molecule has 96 valence electrons. The smallest absolute Gasteiger partial charge is 0.550 e. The van der Waals surface area contributed by atoms with E-state index in [1.54, 1.807) is 0 Å². The van der Waals surface area contributed by atoms with E-state index in [0.717, 1.165) is 20.8 Å². The van der Waals surface area contributed by atoms with Crippen molar-refractivity contribution < 1.29 is 69.6 Å². The topological polar surface area (TPSA) is 178 Å². The zero-order chi connectivity index (χ0) is 14.3. The molecular weight excluding hydrogens is 253 g/mol. The Morgan fingerprint density at radius 2 is 1.00 bits per heavy atom. The maximum Gasteiger partial charge on any atom is 1.00 e. The monoisotopic (exact) mass is 265 g/mol. The van der Waals surface area contributed by atoms with Gasteiger partial charge in [0.25, 0.3) is 17.0 Å². The van der Waals surface area contributed by atoms with Crippen molar-refractivity contribution in [1.29, 1.82) is 0 Å². The van der Waals surface area contributed by atoms with Gasteiger partial charge in [0.1, 0.15) is 0 Å². The van der Waals surface area contributed by atoms with Gasteiger partial charge in [-0.2, -0.15) is 0 Å². The van der Waals surface area contributed by atoms with E-state index < -0.39 is 23.0 Å². The average Bonchev–Trinajstić information content (AvgIpc) is 1.76. The van der Waals surface area contributed by atoms with E-state index in [2.05, 4.69) is 0 Å². The van der Waals surface area contributed by atoms with Gasteiger partial charge >= 0.3 is 29.6 Å². The largest absolute Gasteiger partial charge is 1.00 e. The fourth-order valence-corrected chi connectivity index (χ4v) is 0. The SMILES string of the molecule is CC(=O)O.CC(=O)O.CC(=O)[O-].O=[N+]([O-])O.[Na+]. The zero-order valence-corrected chi connectivity index (χ0v) is 11.7. The van der Waals surface area contributed by atoms with Crippen LogP contribution in [0.1, 0.15) is 20.8 Å². The number of nitrogens with zero attached hydrogens (tertiary/aromatic N) is 1. The van der Waals surface area contributed by atoms with Crippen molar-refractivity contribution >= 4 is 17.9 Å². The quantitative estimate of drug-likeness (QED) is 0.221. The molecule has 0 saturated carbocycles. The number of aliphatic carboxylic acids is 3. The summed E-state index contributed by atoms with van der Waals surface area (Å²) in [4.78, 5) is 35.2. The number of carboxylic acids is 3. The first-order valence-electron chi connectivity index (χ1n) is 3.33. The molecule has 0 aliphatic heterocycles. The summed E-state index contributed by atoms with van der Waals surface area (Å²) in [5.74, 6) is -2.75. The summed E-state index contributed by atoms with van der Waals surface area (Å²) in [6, 6.07) is 0. The van der Waals surface area contributed by atoms with E-state index in [4.69, 9.17) is 45.0 Å². The van der Waals surface area contributed by atoms with Crippen molar-refractivity contribution in [3.05, 3.63) is 10.1 Å². The molecule has 11 heteroatoms. The van der Waals surface area contributed by atoms with Crippen LogP contribution in [-0.2, 0) is 14.4 Å². The van der Waals surface area contributed by atoms with E-state index in [9.17, 15) is 0 Å². The average molecular weight is 265 g/mol. The Morgan fingerprint density at radius 1 is 1.00 bits per heavy atom.